The van der Waals surface area contributed by atoms with Gasteiger partial charge in [0, 0.05) is 32.7 Å². The third kappa shape index (κ3) is 7.86. The summed E-state index contributed by atoms with van der Waals surface area (Å²) in [4.78, 5) is 25.1. The molecule has 0 aromatic heterocycles. The van der Waals surface area contributed by atoms with Gasteiger partial charge in [0.1, 0.15) is 0 Å². The van der Waals surface area contributed by atoms with Gasteiger partial charge >= 0.3 is 0 Å². The van der Waals surface area contributed by atoms with Crippen LogP contribution in [0.1, 0.15) is 26.7 Å². The molecule has 2 amide bonds. The van der Waals surface area contributed by atoms with Gasteiger partial charge in [0.2, 0.25) is 11.8 Å². The highest BCUT2D eigenvalue weighted by Gasteiger charge is 2.52. The summed E-state index contributed by atoms with van der Waals surface area (Å²) in [5, 5.41) is 6.56. The first-order chi connectivity index (χ1) is 16.5. The van der Waals surface area contributed by atoms with Crippen LogP contribution in [0.4, 0.5) is 11.4 Å². The summed E-state index contributed by atoms with van der Waals surface area (Å²) in [6, 6.07) is 15.0. The number of carbonyl (C=O) groups excluding carboxylic acids is 2. The Kier molecular flexibility index (Phi) is 9.45. The molecular weight excluding hydrogens is 616 g/mol. The van der Waals surface area contributed by atoms with Gasteiger partial charge in [0.25, 0.3) is 0 Å². The minimum atomic E-state index is -0.347. The second-order valence-corrected chi connectivity index (χ2v) is 11.4. The van der Waals surface area contributed by atoms with E-state index >= 15 is 0 Å². The van der Waals surface area contributed by atoms with Crippen molar-refractivity contribution >= 4 is 89.7 Å². The lowest BCUT2D eigenvalue weighted by molar-refractivity contribution is -0.145. The van der Waals surface area contributed by atoms with E-state index in [0.29, 0.717) is 6.42 Å². The van der Waals surface area contributed by atoms with Crippen LogP contribution in [0.25, 0.3) is 0 Å². The number of hydrogen-bond donors (Lipinski definition) is 6. The number of hydrogen-bond acceptors (Lipinski definition) is 4. The Balaban J connectivity index is 1.37. The number of hydrazine groups is 2. The van der Waals surface area contributed by atoms with Crippen LogP contribution in [-0.2, 0) is 9.59 Å². The van der Waals surface area contributed by atoms with Crippen LogP contribution < -0.4 is 32.3 Å². The Morgan fingerprint density at radius 1 is 0.829 bits per heavy atom. The van der Waals surface area contributed by atoms with Crippen molar-refractivity contribution < 1.29 is 9.59 Å². The van der Waals surface area contributed by atoms with Gasteiger partial charge in [-0.1, -0.05) is 45.7 Å². The summed E-state index contributed by atoms with van der Waals surface area (Å²) in [5.74, 6) is -0.540. The van der Waals surface area contributed by atoms with E-state index in [9.17, 15) is 9.59 Å². The minimum absolute atomic E-state index is 0.0564. The van der Waals surface area contributed by atoms with Crippen molar-refractivity contribution in [1.29, 1.82) is 0 Å². The molecule has 8 nitrogen and oxygen atoms in total. The standard InChI is InChI=1S/C23H26Br2N6O2S2/c1-23(2)13(12-19(32)28-30-21(34)26-16-7-3-14(24)4-8-16)11-18(23)20(33)29-31-22(35)27-17-9-5-15(25)6-10-17/h3-10,13,18H,11-12H2,1-2H3,(H,28,32)(H,29,33)(H2,26,30,34)(H2,27,31,35). The summed E-state index contributed by atoms with van der Waals surface area (Å²) in [6.45, 7) is 3.98. The molecular formula is C23H26Br2N6O2S2. The molecule has 35 heavy (non-hydrogen) atoms. The number of rotatable bonds is 5. The molecule has 2 unspecified atom stereocenters. The Hall–Kier alpha value is -2.28. The maximum atomic E-state index is 12.7. The second kappa shape index (κ2) is 12.1. The number of anilines is 2. The molecule has 1 saturated carbocycles. The van der Waals surface area contributed by atoms with E-state index in [-0.39, 0.29) is 45.7 Å². The Labute approximate surface area is 232 Å². The van der Waals surface area contributed by atoms with Gasteiger partial charge in [-0.25, -0.2) is 0 Å². The Morgan fingerprint density at radius 3 is 1.74 bits per heavy atom. The van der Waals surface area contributed by atoms with Gasteiger partial charge in [-0.15, -0.1) is 0 Å². The molecule has 0 spiro atoms. The highest BCUT2D eigenvalue weighted by atomic mass is 79.9. The number of thiocarbonyl (C=S) groups is 2. The molecule has 6 N–H and O–H groups in total. The first-order valence-electron chi connectivity index (χ1n) is 10.8. The van der Waals surface area contributed by atoms with E-state index in [1.165, 1.54) is 0 Å². The number of carbonyl (C=O) groups is 2. The summed E-state index contributed by atoms with van der Waals surface area (Å²) >= 11 is 17.2. The number of benzene rings is 2. The molecule has 0 heterocycles. The van der Waals surface area contributed by atoms with Gasteiger partial charge in [0.05, 0.1) is 0 Å². The van der Waals surface area contributed by atoms with Crippen LogP contribution in [0.5, 0.6) is 0 Å². The van der Waals surface area contributed by atoms with Crippen LogP contribution in [-0.4, -0.2) is 22.0 Å². The van der Waals surface area contributed by atoms with Crippen molar-refractivity contribution in [3.8, 4) is 0 Å². The lowest BCUT2D eigenvalue weighted by atomic mass is 9.53. The van der Waals surface area contributed by atoms with E-state index in [1.807, 2.05) is 62.4 Å². The van der Waals surface area contributed by atoms with E-state index in [1.54, 1.807) is 0 Å². The molecule has 0 saturated heterocycles. The maximum absolute atomic E-state index is 12.7. The number of amides is 2. The van der Waals surface area contributed by atoms with Crippen molar-refractivity contribution in [2.75, 3.05) is 10.6 Å². The van der Waals surface area contributed by atoms with Crippen LogP contribution in [0.2, 0.25) is 0 Å². The number of halogens is 2. The normalized spacial score (nSPS) is 17.8. The zero-order chi connectivity index (χ0) is 25.6. The average molecular weight is 642 g/mol. The van der Waals surface area contributed by atoms with Gasteiger partial charge in [0.15, 0.2) is 10.2 Å². The summed E-state index contributed by atoms with van der Waals surface area (Å²) in [5.41, 5.74) is 12.0. The fraction of sp³-hybridized carbons (Fsp3) is 0.304. The quantitative estimate of drug-likeness (QED) is 0.208. The fourth-order valence-electron chi connectivity index (χ4n) is 3.81. The second-order valence-electron chi connectivity index (χ2n) is 8.72. The molecule has 0 bridgehead atoms. The van der Waals surface area contributed by atoms with Gasteiger partial charge in [-0.05, 0) is 90.7 Å². The average Bonchev–Trinajstić information content (AvgIpc) is 2.81. The highest BCUT2D eigenvalue weighted by molar-refractivity contribution is 9.10. The molecule has 2 atom stereocenters. The SMILES string of the molecule is CC1(C)C(CC(=O)NNC(=S)Nc2ccc(Br)cc2)CC1C(=O)NNC(=S)Nc1ccc(Br)cc1. The van der Waals surface area contributed by atoms with Gasteiger partial charge < -0.3 is 10.6 Å². The smallest absolute Gasteiger partial charge is 0.242 e. The Morgan fingerprint density at radius 2 is 1.29 bits per heavy atom. The third-order valence-corrected chi connectivity index (χ3v) is 7.50. The molecule has 12 heteroatoms. The van der Waals surface area contributed by atoms with E-state index in [4.69, 9.17) is 24.4 Å². The largest absolute Gasteiger partial charge is 0.331 e. The molecule has 1 aliphatic carbocycles. The van der Waals surface area contributed by atoms with Crippen molar-refractivity contribution in [3.05, 3.63) is 57.5 Å². The molecule has 1 fully saturated rings. The zero-order valence-electron chi connectivity index (χ0n) is 19.1. The maximum Gasteiger partial charge on any atom is 0.242 e. The molecule has 2 aromatic carbocycles. The first kappa shape index (κ1) is 27.3. The van der Waals surface area contributed by atoms with Crippen molar-refractivity contribution in [2.24, 2.45) is 17.3 Å². The van der Waals surface area contributed by atoms with Crippen molar-refractivity contribution in [1.82, 2.24) is 21.7 Å². The molecule has 186 valence electrons. The van der Waals surface area contributed by atoms with Crippen LogP contribution >= 0.6 is 56.3 Å². The predicted octanol–water partition coefficient (Wildman–Crippen LogP) is 4.60. The zero-order valence-corrected chi connectivity index (χ0v) is 23.9. The molecule has 1 aliphatic rings. The molecule has 0 aliphatic heterocycles. The predicted molar refractivity (Wildman–Crippen MR) is 153 cm³/mol. The molecule has 2 aromatic rings. The van der Waals surface area contributed by atoms with E-state index in [2.05, 4.69) is 64.2 Å². The fourth-order valence-corrected chi connectivity index (χ4v) is 4.67. The minimum Gasteiger partial charge on any atom is -0.331 e. The molecule has 0 radical (unpaired) electrons. The van der Waals surface area contributed by atoms with E-state index in [0.717, 1.165) is 20.3 Å². The topological polar surface area (TPSA) is 106 Å². The summed E-state index contributed by atoms with van der Waals surface area (Å²) in [7, 11) is 0. The van der Waals surface area contributed by atoms with Crippen LogP contribution in [0, 0.1) is 17.3 Å². The lowest BCUT2D eigenvalue weighted by Crippen LogP contribution is -2.57. The monoisotopic (exact) mass is 640 g/mol. The Bertz CT molecular complexity index is 1100. The van der Waals surface area contributed by atoms with E-state index < -0.39 is 0 Å². The number of nitrogens with one attached hydrogen (secondary N) is 6. The summed E-state index contributed by atoms with van der Waals surface area (Å²) in [6.07, 6.45) is 0.879. The van der Waals surface area contributed by atoms with Crippen molar-refractivity contribution in [3.63, 3.8) is 0 Å². The lowest BCUT2D eigenvalue weighted by Gasteiger charge is -2.51. The van der Waals surface area contributed by atoms with Crippen molar-refractivity contribution in [2.45, 2.75) is 26.7 Å². The molecule has 3 rings (SSSR count). The third-order valence-electron chi connectivity index (χ3n) is 6.04. The van der Waals surface area contributed by atoms with Gasteiger partial charge in [-0.3, -0.25) is 31.3 Å². The van der Waals surface area contributed by atoms with Gasteiger partial charge in [-0.2, -0.15) is 0 Å². The van der Waals surface area contributed by atoms with Crippen LogP contribution in [0.15, 0.2) is 57.5 Å². The van der Waals surface area contributed by atoms with Crippen LogP contribution in [0.3, 0.4) is 0 Å². The summed E-state index contributed by atoms with van der Waals surface area (Å²) < 4.78 is 1.92. The highest BCUT2D eigenvalue weighted by Crippen LogP contribution is 2.52. The first-order valence-corrected chi connectivity index (χ1v) is 13.2.